The molecule has 6 nitrogen and oxygen atoms in total. The van der Waals surface area contributed by atoms with E-state index in [0.29, 0.717) is 12.1 Å². The highest BCUT2D eigenvalue weighted by molar-refractivity contribution is 6.44. The molecule has 2 aromatic carbocycles. The van der Waals surface area contributed by atoms with Crippen molar-refractivity contribution in [2.45, 2.75) is 36.0 Å². The van der Waals surface area contributed by atoms with E-state index in [-0.39, 0.29) is 0 Å². The second kappa shape index (κ2) is 9.54. The number of hydrogen-bond donors (Lipinski definition) is 0. The summed E-state index contributed by atoms with van der Waals surface area (Å²) in [6, 6.07) is 0.581. The minimum absolute atomic E-state index is 0.291. The number of alkyl halides is 14. The van der Waals surface area contributed by atoms with E-state index in [1.54, 1.807) is 0 Å². The molecule has 0 atom stereocenters. The number of carbonyl (C=O) groups is 4. The van der Waals surface area contributed by atoms with Crippen molar-refractivity contribution in [3.8, 4) is 0 Å². The summed E-state index contributed by atoms with van der Waals surface area (Å²) in [5.74, 6) is -34.1. The standard InChI is InChI=1S/C22H6Cl2F14N2O4/c23-7-1-5-9-10-6(14(42)40(15(43)11(7)10)4-18(27,28)20(31,32)22(36,37)38)2-8(24)12(9)16(44)39(13(5)41)3-17(25,26)19(29,30)21(33,34)35/h1-2H,3-4H2. The lowest BCUT2D eigenvalue weighted by Gasteiger charge is -2.36. The van der Waals surface area contributed by atoms with Crippen LogP contribution < -0.4 is 0 Å². The first-order chi connectivity index (χ1) is 19.6. The highest BCUT2D eigenvalue weighted by Crippen LogP contribution is 2.50. The van der Waals surface area contributed by atoms with Crippen molar-refractivity contribution >= 4 is 57.6 Å². The van der Waals surface area contributed by atoms with E-state index in [1.165, 1.54) is 0 Å². The summed E-state index contributed by atoms with van der Waals surface area (Å²) >= 11 is 11.8. The maximum atomic E-state index is 14.2. The molecule has 0 bridgehead atoms. The predicted molar refractivity (Wildman–Crippen MR) is 117 cm³/mol. The van der Waals surface area contributed by atoms with Crippen LogP contribution in [0.1, 0.15) is 41.4 Å². The average Bonchev–Trinajstić information content (AvgIpc) is 2.85. The molecule has 0 fully saturated rings. The summed E-state index contributed by atoms with van der Waals surface area (Å²) < 4.78 is 186. The first-order valence-electron chi connectivity index (χ1n) is 11.0. The van der Waals surface area contributed by atoms with Crippen molar-refractivity contribution in [3.63, 3.8) is 0 Å². The fourth-order valence-corrected chi connectivity index (χ4v) is 4.94. The normalized spacial score (nSPS) is 16.9. The predicted octanol–water partition coefficient (Wildman–Crippen LogP) is 7.00. The molecule has 0 N–H and O–H groups in total. The summed E-state index contributed by atoms with van der Waals surface area (Å²) in [4.78, 5) is 50.3. The summed E-state index contributed by atoms with van der Waals surface area (Å²) in [6.07, 6.45) is -13.7. The van der Waals surface area contributed by atoms with Crippen LogP contribution in [0.25, 0.3) is 10.8 Å². The number of benzene rings is 2. The zero-order chi connectivity index (χ0) is 33.9. The van der Waals surface area contributed by atoms with Crippen LogP contribution in [0.4, 0.5) is 61.5 Å². The number of rotatable bonds is 6. The summed E-state index contributed by atoms with van der Waals surface area (Å²) in [6.45, 7) is -5.80. The fraction of sp³-hybridized carbons (Fsp3) is 0.364. The van der Waals surface area contributed by atoms with Gasteiger partial charge in [0.05, 0.1) is 45.4 Å². The maximum absolute atomic E-state index is 14.2. The molecule has 2 aliphatic heterocycles. The Labute approximate surface area is 242 Å². The number of imide groups is 2. The number of carbonyl (C=O) groups excluding carboxylic acids is 4. The minimum atomic E-state index is -6.87. The molecule has 2 aromatic rings. The molecule has 2 heterocycles. The van der Waals surface area contributed by atoms with E-state index in [2.05, 4.69) is 0 Å². The number of hydrogen-bond acceptors (Lipinski definition) is 4. The minimum Gasteiger partial charge on any atom is -0.269 e. The third kappa shape index (κ3) is 4.46. The molecule has 0 saturated carbocycles. The van der Waals surface area contributed by atoms with Crippen molar-refractivity contribution in [1.29, 1.82) is 0 Å². The zero-order valence-corrected chi connectivity index (χ0v) is 21.7. The number of amides is 4. The monoisotopic (exact) mass is 698 g/mol. The summed E-state index contributed by atoms with van der Waals surface area (Å²) in [7, 11) is 0. The van der Waals surface area contributed by atoms with Crippen LogP contribution in [0.5, 0.6) is 0 Å². The molecule has 0 aromatic heterocycles. The quantitative estimate of drug-likeness (QED) is 0.241. The van der Waals surface area contributed by atoms with Crippen molar-refractivity contribution in [2.24, 2.45) is 0 Å². The highest BCUT2D eigenvalue weighted by Gasteiger charge is 2.74. The molecule has 0 unspecified atom stereocenters. The van der Waals surface area contributed by atoms with E-state index in [9.17, 15) is 80.6 Å². The van der Waals surface area contributed by atoms with Crippen molar-refractivity contribution in [3.05, 3.63) is 44.4 Å². The molecule has 4 amide bonds. The largest absolute Gasteiger partial charge is 0.459 e. The van der Waals surface area contributed by atoms with Crippen LogP contribution in [-0.4, -0.2) is 82.6 Å². The van der Waals surface area contributed by atoms with Crippen LogP contribution >= 0.6 is 23.2 Å². The number of nitrogens with zero attached hydrogens (tertiary/aromatic N) is 2. The summed E-state index contributed by atoms with van der Waals surface area (Å²) in [5, 5.41) is -4.11. The van der Waals surface area contributed by atoms with Crippen molar-refractivity contribution < 1.29 is 80.6 Å². The number of halogens is 16. The molecular weight excluding hydrogens is 693 g/mol. The average molecular weight is 699 g/mol. The molecule has 2 aliphatic rings. The summed E-state index contributed by atoms with van der Waals surface area (Å²) in [5.41, 5.74) is -4.54. The van der Waals surface area contributed by atoms with E-state index in [1.807, 2.05) is 0 Å². The van der Waals surface area contributed by atoms with Crippen LogP contribution in [0.3, 0.4) is 0 Å². The van der Waals surface area contributed by atoms with Crippen LogP contribution in [0.2, 0.25) is 10.0 Å². The zero-order valence-electron chi connectivity index (χ0n) is 20.1. The van der Waals surface area contributed by atoms with E-state index < -0.39 is 126 Å². The lowest BCUT2D eigenvalue weighted by Crippen LogP contribution is -2.59. The van der Waals surface area contributed by atoms with Gasteiger partial charge in [0.15, 0.2) is 0 Å². The van der Waals surface area contributed by atoms with Crippen LogP contribution in [0, 0.1) is 0 Å². The first-order valence-corrected chi connectivity index (χ1v) is 11.7. The SMILES string of the molecule is O=C1c2cc(Cl)c3c4c(cc(Cl)c(c24)C(=O)N1CC(F)(F)C(F)(F)C(F)(F)F)C(=O)N(CC(F)(F)C(F)(F)C(F)(F)F)C3=O. The maximum Gasteiger partial charge on any atom is 0.459 e. The molecule has 4 rings (SSSR count). The van der Waals surface area contributed by atoms with Crippen molar-refractivity contribution in [2.75, 3.05) is 13.1 Å². The molecule has 240 valence electrons. The smallest absolute Gasteiger partial charge is 0.269 e. The van der Waals surface area contributed by atoms with E-state index >= 15 is 0 Å². The van der Waals surface area contributed by atoms with E-state index in [4.69, 9.17) is 23.2 Å². The van der Waals surface area contributed by atoms with Gasteiger partial charge in [-0.3, -0.25) is 29.0 Å². The van der Waals surface area contributed by atoms with Crippen molar-refractivity contribution in [1.82, 2.24) is 9.80 Å². The third-order valence-electron chi connectivity index (χ3n) is 6.52. The molecular formula is C22H6Cl2F14N2O4. The van der Waals surface area contributed by atoms with Gasteiger partial charge in [-0.05, 0) is 12.1 Å². The first kappa shape index (κ1) is 33.5. The van der Waals surface area contributed by atoms with Crippen LogP contribution in [-0.2, 0) is 0 Å². The Morgan fingerprint density at radius 2 is 0.773 bits per heavy atom. The highest BCUT2D eigenvalue weighted by atomic mass is 35.5. The van der Waals surface area contributed by atoms with Gasteiger partial charge in [0.1, 0.15) is 0 Å². The molecule has 0 aliphatic carbocycles. The van der Waals surface area contributed by atoms with Gasteiger partial charge in [-0.2, -0.15) is 61.5 Å². The van der Waals surface area contributed by atoms with E-state index in [0.717, 1.165) is 0 Å². The van der Waals surface area contributed by atoms with Gasteiger partial charge in [0.2, 0.25) is 0 Å². The van der Waals surface area contributed by atoms with Gasteiger partial charge in [-0.1, -0.05) is 23.2 Å². The second-order valence-corrected chi connectivity index (χ2v) is 10.1. The lowest BCUT2D eigenvalue weighted by molar-refractivity contribution is -0.354. The Morgan fingerprint density at radius 1 is 0.500 bits per heavy atom. The lowest BCUT2D eigenvalue weighted by atomic mass is 9.85. The van der Waals surface area contributed by atoms with Gasteiger partial charge in [-0.15, -0.1) is 0 Å². The van der Waals surface area contributed by atoms with Gasteiger partial charge >= 0.3 is 36.0 Å². The second-order valence-electron chi connectivity index (χ2n) is 9.26. The van der Waals surface area contributed by atoms with Gasteiger partial charge in [0.25, 0.3) is 23.6 Å². The third-order valence-corrected chi connectivity index (χ3v) is 7.12. The van der Waals surface area contributed by atoms with Gasteiger partial charge < -0.3 is 0 Å². The molecule has 0 saturated heterocycles. The molecule has 44 heavy (non-hydrogen) atoms. The van der Waals surface area contributed by atoms with Gasteiger partial charge in [-0.25, -0.2) is 0 Å². The molecule has 0 spiro atoms. The molecule has 22 heteroatoms. The van der Waals surface area contributed by atoms with Crippen LogP contribution in [0.15, 0.2) is 12.1 Å². The fourth-order valence-electron chi connectivity index (χ4n) is 4.37. The Morgan fingerprint density at radius 3 is 1.02 bits per heavy atom. The topological polar surface area (TPSA) is 74.8 Å². The Balaban J connectivity index is 1.89. The Bertz CT molecular complexity index is 1550. The van der Waals surface area contributed by atoms with Gasteiger partial charge in [0, 0.05) is 10.8 Å². The Hall–Kier alpha value is -3.42. The molecule has 0 radical (unpaired) electrons. The Kier molecular flexibility index (Phi) is 7.26.